The van der Waals surface area contributed by atoms with Gasteiger partial charge in [0.15, 0.2) is 0 Å². The zero-order chi connectivity index (χ0) is 27.2. The number of nitrogens with zero attached hydrogens (tertiary/aromatic N) is 3. The van der Waals surface area contributed by atoms with Crippen LogP contribution in [0, 0.1) is 28.1 Å². The zero-order valence-corrected chi connectivity index (χ0v) is 26.9. The summed E-state index contributed by atoms with van der Waals surface area (Å²) in [6, 6.07) is 0.679. The summed E-state index contributed by atoms with van der Waals surface area (Å²) in [5.41, 5.74) is 1.49. The van der Waals surface area contributed by atoms with E-state index in [1.807, 2.05) is 13.8 Å². The summed E-state index contributed by atoms with van der Waals surface area (Å²) in [5, 5.41) is 0. The maximum absolute atomic E-state index is 2.78. The van der Waals surface area contributed by atoms with Gasteiger partial charge in [-0.25, -0.2) is 0 Å². The minimum absolute atomic E-state index is 0.286. The Morgan fingerprint density at radius 3 is 1.60 bits per heavy atom. The van der Waals surface area contributed by atoms with Gasteiger partial charge in [-0.2, -0.15) is 0 Å². The summed E-state index contributed by atoms with van der Waals surface area (Å²) >= 11 is 0. The van der Waals surface area contributed by atoms with Crippen LogP contribution in [0.4, 0.5) is 0 Å². The molecule has 2 aliphatic rings. The molecule has 3 heteroatoms. The lowest BCUT2D eigenvalue weighted by atomic mass is 9.67. The largest absolute Gasteiger partial charge is 0.303 e. The highest BCUT2D eigenvalue weighted by Gasteiger charge is 2.41. The molecule has 2 rings (SSSR count). The van der Waals surface area contributed by atoms with Crippen LogP contribution in [0.2, 0.25) is 0 Å². The summed E-state index contributed by atoms with van der Waals surface area (Å²) in [4.78, 5) is 8.19. The molecule has 2 heterocycles. The van der Waals surface area contributed by atoms with Gasteiger partial charge in [0.25, 0.3) is 0 Å². The summed E-state index contributed by atoms with van der Waals surface area (Å²) in [5.74, 6) is 1.58. The normalized spacial score (nSPS) is 20.9. The molecule has 0 aromatic rings. The van der Waals surface area contributed by atoms with Crippen molar-refractivity contribution < 1.29 is 0 Å². The lowest BCUT2D eigenvalue weighted by Gasteiger charge is -2.50. The van der Waals surface area contributed by atoms with Gasteiger partial charge in [-0.05, 0) is 94.5 Å². The van der Waals surface area contributed by atoms with Crippen molar-refractivity contribution in [2.45, 2.75) is 134 Å². The Balaban J connectivity index is 0.00000298. The van der Waals surface area contributed by atoms with E-state index in [9.17, 15) is 0 Å². The van der Waals surface area contributed by atoms with Crippen LogP contribution in [0.1, 0.15) is 123 Å². The molecule has 0 amide bonds. The van der Waals surface area contributed by atoms with E-state index >= 15 is 0 Å². The van der Waals surface area contributed by atoms with E-state index in [1.54, 1.807) is 0 Å². The second-order valence-electron chi connectivity index (χ2n) is 15.1. The van der Waals surface area contributed by atoms with Gasteiger partial charge in [-0.1, -0.05) is 69.2 Å². The Hall–Kier alpha value is -0.120. The first kappa shape index (κ1) is 32.9. The van der Waals surface area contributed by atoms with Gasteiger partial charge >= 0.3 is 0 Å². The average Bonchev–Trinajstić information content (AvgIpc) is 2.73. The van der Waals surface area contributed by atoms with E-state index in [-0.39, 0.29) is 5.54 Å². The summed E-state index contributed by atoms with van der Waals surface area (Å²) < 4.78 is 0. The van der Waals surface area contributed by atoms with Crippen molar-refractivity contribution >= 4 is 0 Å². The topological polar surface area (TPSA) is 9.72 Å². The molecule has 2 saturated heterocycles. The fourth-order valence-corrected chi connectivity index (χ4v) is 7.19. The van der Waals surface area contributed by atoms with E-state index in [0.717, 1.165) is 11.8 Å². The quantitative estimate of drug-likeness (QED) is 0.305. The van der Waals surface area contributed by atoms with Gasteiger partial charge in [0.1, 0.15) is 0 Å². The van der Waals surface area contributed by atoms with Crippen LogP contribution >= 0.6 is 0 Å². The van der Waals surface area contributed by atoms with Gasteiger partial charge in [0.2, 0.25) is 0 Å². The summed E-state index contributed by atoms with van der Waals surface area (Å²) in [7, 11) is 0. The maximum atomic E-state index is 2.78. The minimum Gasteiger partial charge on any atom is -0.303 e. The van der Waals surface area contributed by atoms with Gasteiger partial charge in [0.05, 0.1) is 0 Å². The molecule has 0 aromatic carbocycles. The fourth-order valence-electron chi connectivity index (χ4n) is 7.19. The minimum atomic E-state index is 0.286. The molecule has 0 aromatic heterocycles. The Morgan fingerprint density at radius 2 is 1.17 bits per heavy atom. The molecule has 3 nitrogen and oxygen atoms in total. The van der Waals surface area contributed by atoms with Crippen LogP contribution in [0.25, 0.3) is 0 Å². The second-order valence-corrected chi connectivity index (χ2v) is 15.1. The van der Waals surface area contributed by atoms with Crippen molar-refractivity contribution in [3.8, 4) is 0 Å². The van der Waals surface area contributed by atoms with E-state index in [4.69, 9.17) is 0 Å². The summed E-state index contributed by atoms with van der Waals surface area (Å²) in [6.45, 7) is 42.2. The van der Waals surface area contributed by atoms with Gasteiger partial charge < -0.3 is 4.90 Å². The number of rotatable bonds is 10. The Bertz CT molecular complexity index is 586. The molecule has 0 bridgehead atoms. The predicted molar refractivity (Wildman–Crippen MR) is 158 cm³/mol. The van der Waals surface area contributed by atoms with Crippen LogP contribution in [-0.4, -0.2) is 72.1 Å². The molecule has 210 valence electrons. The third kappa shape index (κ3) is 9.93. The Morgan fingerprint density at radius 1 is 0.686 bits per heavy atom. The van der Waals surface area contributed by atoms with Gasteiger partial charge in [-0.3, -0.25) is 9.80 Å². The van der Waals surface area contributed by atoms with Gasteiger partial charge in [0, 0.05) is 44.3 Å². The highest BCUT2D eigenvalue weighted by Crippen LogP contribution is 2.44. The lowest BCUT2D eigenvalue weighted by Crippen LogP contribution is -2.57. The highest BCUT2D eigenvalue weighted by molar-refractivity contribution is 4.95. The number of piperidine rings is 1. The highest BCUT2D eigenvalue weighted by atomic mass is 15.3. The average molecular weight is 494 g/mol. The number of hydrogen-bond donors (Lipinski definition) is 0. The molecule has 0 radical (unpaired) electrons. The van der Waals surface area contributed by atoms with Crippen LogP contribution in [0.3, 0.4) is 0 Å². The molecule has 2 fully saturated rings. The Kier molecular flexibility index (Phi) is 12.3. The van der Waals surface area contributed by atoms with Crippen molar-refractivity contribution in [2.24, 2.45) is 28.1 Å². The summed E-state index contributed by atoms with van der Waals surface area (Å²) in [6.07, 6.45) is 5.35. The van der Waals surface area contributed by atoms with Crippen molar-refractivity contribution in [3.05, 3.63) is 0 Å². The first-order valence-electron chi connectivity index (χ1n) is 15.2. The van der Waals surface area contributed by atoms with E-state index in [2.05, 4.69) is 97.8 Å². The molecule has 0 atom stereocenters. The van der Waals surface area contributed by atoms with Crippen molar-refractivity contribution in [3.63, 3.8) is 0 Å². The van der Waals surface area contributed by atoms with Crippen molar-refractivity contribution in [1.82, 2.24) is 14.7 Å². The van der Waals surface area contributed by atoms with E-state index in [1.165, 1.54) is 71.5 Å². The number of piperazine rings is 1. The maximum Gasteiger partial charge on any atom is 0.0159 e. The van der Waals surface area contributed by atoms with E-state index < -0.39 is 0 Å². The number of likely N-dealkylation sites (tertiary alicyclic amines) is 1. The van der Waals surface area contributed by atoms with Crippen LogP contribution in [-0.2, 0) is 0 Å². The molecule has 0 N–H and O–H groups in total. The van der Waals surface area contributed by atoms with Gasteiger partial charge in [-0.15, -0.1) is 0 Å². The molecular formula is C32H67N3. The zero-order valence-electron chi connectivity index (χ0n) is 26.9. The molecular weight excluding hydrogens is 426 g/mol. The third-order valence-corrected chi connectivity index (χ3v) is 9.63. The molecule has 0 aliphatic carbocycles. The predicted octanol–water partition coefficient (Wildman–Crippen LogP) is 8.04. The van der Waals surface area contributed by atoms with E-state index in [0.29, 0.717) is 22.3 Å². The lowest BCUT2D eigenvalue weighted by molar-refractivity contribution is -0.00857. The molecule has 2 aliphatic heterocycles. The van der Waals surface area contributed by atoms with Crippen molar-refractivity contribution in [1.29, 1.82) is 0 Å². The first-order valence-corrected chi connectivity index (χ1v) is 15.2. The first-order chi connectivity index (χ1) is 16.0. The Labute approximate surface area is 222 Å². The standard InChI is InChI=1S/C30H61N3.C2H6/c1-24(2)28(7,8)21-27(5,6)23-31-15-13-26(14-16-31)29(9,10)22-30(11,12)33-19-17-32(18-20-33)25(3)4;1-2/h24-26H,13-23H2,1-12H3;1-2H3. The van der Waals surface area contributed by atoms with Crippen LogP contribution < -0.4 is 0 Å². The third-order valence-electron chi connectivity index (χ3n) is 9.63. The second kappa shape index (κ2) is 13.1. The van der Waals surface area contributed by atoms with Crippen molar-refractivity contribution in [2.75, 3.05) is 45.8 Å². The SMILES string of the molecule is CC.CC(C)N1CCN(C(C)(C)CC(C)(C)C2CCN(CC(C)(C)CC(C)(C)C(C)C)CC2)CC1. The number of hydrogen-bond acceptors (Lipinski definition) is 3. The van der Waals surface area contributed by atoms with Crippen LogP contribution in [0.15, 0.2) is 0 Å². The fraction of sp³-hybridized carbons (Fsp3) is 1.00. The smallest absolute Gasteiger partial charge is 0.0159 e. The van der Waals surface area contributed by atoms with Crippen LogP contribution in [0.5, 0.6) is 0 Å². The molecule has 35 heavy (non-hydrogen) atoms. The monoisotopic (exact) mass is 494 g/mol. The molecule has 0 spiro atoms. The molecule has 0 saturated carbocycles. The molecule has 0 unspecified atom stereocenters.